The molecule has 82 valence electrons. The molecular weight excluding hydrogens is 200 g/mol. The number of nitrogens with one attached hydrogen (secondary N) is 1. The summed E-state index contributed by atoms with van der Waals surface area (Å²) in [5, 5.41) is 0. The molecule has 0 radical (unpaired) electrons. The van der Waals surface area contributed by atoms with Gasteiger partial charge < -0.3 is 10.2 Å². The van der Waals surface area contributed by atoms with Crippen LogP contribution in [0.3, 0.4) is 0 Å². The fraction of sp³-hybridized carbons (Fsp3) is 0.231. The predicted octanol–water partition coefficient (Wildman–Crippen LogP) is 2.21. The summed E-state index contributed by atoms with van der Waals surface area (Å²) >= 11 is 0. The van der Waals surface area contributed by atoms with Crippen LogP contribution in [0, 0.1) is 0 Å². The normalized spacial score (nSPS) is 17.9. The Morgan fingerprint density at radius 1 is 1.19 bits per heavy atom. The van der Waals surface area contributed by atoms with Crippen LogP contribution in [0.15, 0.2) is 48.8 Å². The number of fused-ring (bicyclic) bond motifs is 1. The largest absolute Gasteiger partial charge is 0.493 e. The lowest BCUT2D eigenvalue weighted by atomic mass is 10.0. The maximum atomic E-state index is 5.63. The fourth-order valence-electron chi connectivity index (χ4n) is 2.05. The number of nitrogens with zero attached hydrogens (tertiary/aromatic N) is 1. The number of benzene rings is 1. The molecule has 2 aromatic rings. The second-order valence-corrected chi connectivity index (χ2v) is 4.00. The van der Waals surface area contributed by atoms with Gasteiger partial charge in [-0.15, -0.1) is 0 Å². The highest BCUT2D eigenvalue weighted by Crippen LogP contribution is 2.32. The molecule has 0 fully saturated rings. The number of hydrogen-bond acceptors (Lipinski definition) is 2. The van der Waals surface area contributed by atoms with Crippen LogP contribution in [0.4, 0.5) is 0 Å². The van der Waals surface area contributed by atoms with E-state index in [1.54, 1.807) is 0 Å². The van der Waals surface area contributed by atoms with Gasteiger partial charge in [0.25, 0.3) is 0 Å². The molecule has 1 unspecified atom stereocenters. The Kier molecular flexibility index (Phi) is 2.29. The van der Waals surface area contributed by atoms with E-state index in [0.717, 1.165) is 18.9 Å². The molecule has 1 N–H and O–H groups in total. The highest BCUT2D eigenvalue weighted by Gasteiger charge is 2.22. The van der Waals surface area contributed by atoms with Crippen LogP contribution in [-0.4, -0.2) is 17.8 Å². The molecule has 1 aromatic carbocycles. The second-order valence-electron chi connectivity index (χ2n) is 4.00. The Morgan fingerprint density at radius 3 is 2.88 bits per heavy atom. The van der Waals surface area contributed by atoms with Crippen molar-refractivity contribution >= 4 is 0 Å². The van der Waals surface area contributed by atoms with Crippen molar-refractivity contribution in [3.8, 4) is 5.75 Å². The van der Waals surface area contributed by atoms with Gasteiger partial charge in [-0.2, -0.15) is 0 Å². The van der Waals surface area contributed by atoms with Gasteiger partial charge in [0.1, 0.15) is 5.75 Å². The smallest absolute Gasteiger partial charge is 0.122 e. The van der Waals surface area contributed by atoms with E-state index in [1.165, 1.54) is 5.56 Å². The van der Waals surface area contributed by atoms with E-state index in [0.29, 0.717) is 5.92 Å². The van der Waals surface area contributed by atoms with Crippen LogP contribution in [0.2, 0.25) is 0 Å². The van der Waals surface area contributed by atoms with Crippen LogP contribution < -0.4 is 10.2 Å². The zero-order valence-corrected chi connectivity index (χ0v) is 8.97. The molecule has 0 saturated carbocycles. The lowest BCUT2D eigenvalue weighted by Crippen LogP contribution is -2.20. The third-order valence-corrected chi connectivity index (χ3v) is 2.92. The minimum Gasteiger partial charge on any atom is -0.493 e. The Bertz CT molecular complexity index is 465. The average Bonchev–Trinajstić information content (AvgIpc) is 2.96. The molecule has 3 nitrogen and oxygen atoms in total. The molecule has 1 atom stereocenters. The Balaban J connectivity index is 1.69. The topological polar surface area (TPSA) is 26.2 Å². The minimum atomic E-state index is 0.443. The third-order valence-electron chi connectivity index (χ3n) is 2.92. The summed E-state index contributed by atoms with van der Waals surface area (Å²) in [4.78, 5) is 0. The first kappa shape index (κ1) is 9.33. The van der Waals surface area contributed by atoms with Gasteiger partial charge in [0, 0.05) is 30.4 Å². The van der Waals surface area contributed by atoms with Crippen molar-refractivity contribution < 1.29 is 4.74 Å². The highest BCUT2D eigenvalue weighted by molar-refractivity contribution is 5.40. The van der Waals surface area contributed by atoms with Gasteiger partial charge in [0.05, 0.1) is 6.61 Å². The molecule has 0 bridgehead atoms. The summed E-state index contributed by atoms with van der Waals surface area (Å²) in [6.07, 6.45) is 4.00. The zero-order chi connectivity index (χ0) is 10.8. The van der Waals surface area contributed by atoms with Gasteiger partial charge >= 0.3 is 0 Å². The molecule has 1 aromatic heterocycles. The van der Waals surface area contributed by atoms with Crippen LogP contribution >= 0.6 is 0 Å². The Labute approximate surface area is 94.6 Å². The minimum absolute atomic E-state index is 0.443. The summed E-state index contributed by atoms with van der Waals surface area (Å²) in [5.41, 5.74) is 4.65. The summed E-state index contributed by atoms with van der Waals surface area (Å²) < 4.78 is 7.60. The fourth-order valence-corrected chi connectivity index (χ4v) is 2.05. The first-order valence-electron chi connectivity index (χ1n) is 5.52. The molecule has 1 aliphatic rings. The number of para-hydroxylation sites is 1. The summed E-state index contributed by atoms with van der Waals surface area (Å²) in [5.74, 6) is 1.47. The van der Waals surface area contributed by atoms with Crippen LogP contribution in [0.5, 0.6) is 5.75 Å². The monoisotopic (exact) mass is 214 g/mol. The van der Waals surface area contributed by atoms with E-state index in [2.05, 4.69) is 17.6 Å². The molecule has 0 saturated heterocycles. The lowest BCUT2D eigenvalue weighted by molar-refractivity contribution is 0.333. The number of ether oxygens (including phenoxy) is 1. The van der Waals surface area contributed by atoms with Crippen molar-refractivity contribution in [3.05, 3.63) is 54.4 Å². The number of hydrogen-bond donors (Lipinski definition) is 1. The first-order valence-corrected chi connectivity index (χ1v) is 5.52. The van der Waals surface area contributed by atoms with Crippen molar-refractivity contribution in [2.75, 3.05) is 18.6 Å². The molecule has 0 spiro atoms. The van der Waals surface area contributed by atoms with E-state index >= 15 is 0 Å². The molecule has 3 rings (SSSR count). The van der Waals surface area contributed by atoms with E-state index in [1.807, 2.05) is 41.3 Å². The van der Waals surface area contributed by atoms with Crippen molar-refractivity contribution in [2.24, 2.45) is 0 Å². The Morgan fingerprint density at radius 2 is 2.00 bits per heavy atom. The standard InChI is InChI=1S/C13H14N2O/c1-2-6-13-12(5-1)11(10-16-13)9-14-15-7-3-4-8-15/h1-8,11,14H,9-10H2. The third kappa shape index (κ3) is 1.65. The molecule has 1 aliphatic heterocycles. The lowest BCUT2D eigenvalue weighted by Gasteiger charge is -2.12. The molecule has 0 amide bonds. The maximum absolute atomic E-state index is 5.63. The van der Waals surface area contributed by atoms with E-state index < -0.39 is 0 Å². The average molecular weight is 214 g/mol. The van der Waals surface area contributed by atoms with Crippen molar-refractivity contribution in [1.29, 1.82) is 0 Å². The van der Waals surface area contributed by atoms with Gasteiger partial charge in [0.2, 0.25) is 0 Å². The van der Waals surface area contributed by atoms with Gasteiger partial charge in [-0.3, -0.25) is 4.68 Å². The molecule has 3 heteroatoms. The van der Waals surface area contributed by atoms with Crippen molar-refractivity contribution in [1.82, 2.24) is 4.68 Å². The van der Waals surface area contributed by atoms with E-state index in [4.69, 9.17) is 4.74 Å². The van der Waals surface area contributed by atoms with Crippen LogP contribution in [0.1, 0.15) is 11.5 Å². The van der Waals surface area contributed by atoms with Gasteiger partial charge in [-0.1, -0.05) is 18.2 Å². The summed E-state index contributed by atoms with van der Waals surface area (Å²) in [7, 11) is 0. The van der Waals surface area contributed by atoms with Gasteiger partial charge in [-0.05, 0) is 18.2 Å². The highest BCUT2D eigenvalue weighted by atomic mass is 16.5. The van der Waals surface area contributed by atoms with Crippen LogP contribution in [-0.2, 0) is 0 Å². The van der Waals surface area contributed by atoms with E-state index in [9.17, 15) is 0 Å². The second kappa shape index (κ2) is 3.93. The molecule has 16 heavy (non-hydrogen) atoms. The molecule has 2 heterocycles. The van der Waals surface area contributed by atoms with E-state index in [-0.39, 0.29) is 0 Å². The molecular formula is C13H14N2O. The maximum Gasteiger partial charge on any atom is 0.122 e. The first-order chi connectivity index (χ1) is 7.93. The Hall–Kier alpha value is -1.90. The summed E-state index contributed by atoms with van der Waals surface area (Å²) in [6, 6.07) is 12.3. The summed E-state index contributed by atoms with van der Waals surface area (Å²) in [6.45, 7) is 1.67. The zero-order valence-electron chi connectivity index (χ0n) is 8.97. The van der Waals surface area contributed by atoms with Gasteiger partial charge in [0.15, 0.2) is 0 Å². The van der Waals surface area contributed by atoms with Gasteiger partial charge in [-0.25, -0.2) is 0 Å². The van der Waals surface area contributed by atoms with Crippen molar-refractivity contribution in [2.45, 2.75) is 5.92 Å². The number of aromatic nitrogens is 1. The SMILES string of the molecule is c1ccc2c(c1)OCC2CNn1cccc1. The quantitative estimate of drug-likeness (QED) is 0.847. The predicted molar refractivity (Wildman–Crippen MR) is 63.3 cm³/mol. The van der Waals surface area contributed by atoms with Crippen molar-refractivity contribution in [3.63, 3.8) is 0 Å². The molecule has 0 aliphatic carbocycles. The van der Waals surface area contributed by atoms with Crippen LogP contribution in [0.25, 0.3) is 0 Å². The number of rotatable bonds is 3.